The zero-order valence-corrected chi connectivity index (χ0v) is 21.8. The van der Waals surface area contributed by atoms with Gasteiger partial charge in [-0.25, -0.2) is 0 Å². The fourth-order valence-corrected chi connectivity index (χ4v) is 7.10. The third kappa shape index (κ3) is 3.93. The fourth-order valence-electron chi connectivity index (χ4n) is 6.16. The van der Waals surface area contributed by atoms with Gasteiger partial charge in [0.2, 0.25) is 17.7 Å². The second-order valence-electron chi connectivity index (χ2n) is 9.88. The first-order chi connectivity index (χ1) is 17.3. The van der Waals surface area contributed by atoms with Crippen LogP contribution >= 0.6 is 15.9 Å². The highest BCUT2D eigenvalue weighted by Crippen LogP contribution is 2.60. The summed E-state index contributed by atoms with van der Waals surface area (Å²) in [6.45, 7) is 3.92. The first-order valence-corrected chi connectivity index (χ1v) is 13.2. The van der Waals surface area contributed by atoms with E-state index in [2.05, 4.69) is 26.6 Å². The Labute approximate surface area is 218 Å². The average molecular weight is 556 g/mol. The number of rotatable bonds is 7. The second kappa shape index (κ2) is 9.61. The number of ether oxygens (including phenoxy) is 1. The molecule has 3 aliphatic rings. The minimum absolute atomic E-state index is 0.116. The van der Waals surface area contributed by atoms with Crippen LogP contribution in [0.3, 0.4) is 0 Å². The van der Waals surface area contributed by atoms with E-state index in [0.29, 0.717) is 24.2 Å². The highest BCUT2D eigenvalue weighted by Gasteiger charge is 2.76. The lowest BCUT2D eigenvalue weighted by atomic mass is 9.70. The Hall–Kier alpha value is -2.75. The highest BCUT2D eigenvalue weighted by molar-refractivity contribution is 9.09. The van der Waals surface area contributed by atoms with Crippen LogP contribution in [0.15, 0.2) is 48.5 Å². The summed E-state index contributed by atoms with van der Waals surface area (Å²) in [6.07, 6.45) is 0.228. The lowest BCUT2D eigenvalue weighted by Gasteiger charge is -2.34. The maximum absolute atomic E-state index is 13.9. The number of fused-ring (bicyclic) bond motifs is 1. The molecule has 0 aromatic heterocycles. The van der Waals surface area contributed by atoms with E-state index in [4.69, 9.17) is 4.74 Å². The lowest BCUT2D eigenvalue weighted by molar-refractivity contribution is -0.139. The lowest BCUT2D eigenvalue weighted by Crippen LogP contribution is -2.54. The minimum Gasteiger partial charge on any atom is -0.396 e. The summed E-state index contributed by atoms with van der Waals surface area (Å²) in [7, 11) is 0. The van der Waals surface area contributed by atoms with Gasteiger partial charge in [-0.15, -0.1) is 0 Å². The summed E-state index contributed by atoms with van der Waals surface area (Å²) >= 11 is 3.67. The molecule has 0 saturated carbocycles. The Bertz CT molecular complexity index is 1170. The average Bonchev–Trinajstić information content (AvgIpc) is 3.44. The number of hydrogen-bond donors (Lipinski definition) is 3. The van der Waals surface area contributed by atoms with Crippen LogP contribution in [0, 0.1) is 25.7 Å². The number of amides is 3. The molecule has 3 unspecified atom stereocenters. The number of likely N-dealkylation sites (tertiary alicyclic amines) is 1. The molecule has 3 heterocycles. The van der Waals surface area contributed by atoms with Gasteiger partial charge in [0.1, 0.15) is 11.6 Å². The molecule has 3 fully saturated rings. The second-order valence-corrected chi connectivity index (χ2v) is 11.1. The molecule has 2 aromatic carbocycles. The Balaban J connectivity index is 1.50. The van der Waals surface area contributed by atoms with E-state index in [0.717, 1.165) is 11.1 Å². The van der Waals surface area contributed by atoms with Crippen molar-refractivity contribution >= 4 is 45.0 Å². The molecule has 3 amide bonds. The van der Waals surface area contributed by atoms with Crippen LogP contribution in [-0.4, -0.2) is 63.5 Å². The van der Waals surface area contributed by atoms with Crippen molar-refractivity contribution in [3.63, 3.8) is 0 Å². The summed E-state index contributed by atoms with van der Waals surface area (Å²) in [4.78, 5) is 42.5. The van der Waals surface area contributed by atoms with Gasteiger partial charge in [-0.3, -0.25) is 14.4 Å². The number of aryl methyl sites for hydroxylation is 2. The first-order valence-electron chi connectivity index (χ1n) is 12.2. The zero-order chi connectivity index (χ0) is 25.6. The molecule has 0 radical (unpaired) electrons. The molecule has 8 nitrogen and oxygen atoms in total. The molecule has 190 valence electrons. The van der Waals surface area contributed by atoms with Gasteiger partial charge in [-0.1, -0.05) is 52.3 Å². The van der Waals surface area contributed by atoms with Gasteiger partial charge in [0, 0.05) is 29.4 Å². The van der Waals surface area contributed by atoms with Gasteiger partial charge in [0.15, 0.2) is 0 Å². The van der Waals surface area contributed by atoms with Gasteiger partial charge >= 0.3 is 0 Å². The van der Waals surface area contributed by atoms with E-state index in [1.165, 1.54) is 4.90 Å². The number of aliphatic hydroxyl groups is 1. The molecule has 2 bridgehead atoms. The van der Waals surface area contributed by atoms with E-state index >= 15 is 0 Å². The largest absolute Gasteiger partial charge is 0.396 e. The van der Waals surface area contributed by atoms with Gasteiger partial charge in [0.05, 0.1) is 17.9 Å². The summed E-state index contributed by atoms with van der Waals surface area (Å²) in [5.41, 5.74) is 2.04. The number of carbonyl (C=O) groups is 3. The Morgan fingerprint density at radius 2 is 1.78 bits per heavy atom. The number of alkyl halides is 1. The first kappa shape index (κ1) is 24.9. The zero-order valence-electron chi connectivity index (χ0n) is 20.2. The fraction of sp³-hybridized carbons (Fsp3) is 0.444. The number of nitrogens with zero attached hydrogens (tertiary/aromatic N) is 1. The summed E-state index contributed by atoms with van der Waals surface area (Å²) in [5, 5.41) is 15.5. The molecular formula is C27H30BrN3O5. The number of benzene rings is 2. The molecule has 0 aliphatic carbocycles. The summed E-state index contributed by atoms with van der Waals surface area (Å²) in [5.74, 6) is -2.45. The van der Waals surface area contributed by atoms with Crippen molar-refractivity contribution in [3.05, 3.63) is 59.7 Å². The molecule has 3 N–H and O–H groups in total. The maximum atomic E-state index is 13.9. The van der Waals surface area contributed by atoms with E-state index in [1.807, 2.05) is 50.2 Å². The standard InChI is InChI=1S/C27H30BrN3O5/c1-15-8-6-9-16(2)21(15)30-25(34)23-27-14-18(28)22(36-27)19(20(27)26(35)31(23)12-7-13-32)24(33)29-17-10-4-3-5-11-17/h3-6,8-11,18-20,22-23,32H,7,12-14H2,1-2H3,(H,29,33)(H,30,34)/t18?,19-,20-,22-,23?,27?/m0/s1. The predicted molar refractivity (Wildman–Crippen MR) is 139 cm³/mol. The predicted octanol–water partition coefficient (Wildman–Crippen LogP) is 3.01. The van der Waals surface area contributed by atoms with Crippen molar-refractivity contribution in [2.45, 2.75) is 49.3 Å². The van der Waals surface area contributed by atoms with Crippen molar-refractivity contribution in [2.75, 3.05) is 23.8 Å². The van der Waals surface area contributed by atoms with E-state index in [9.17, 15) is 19.5 Å². The quantitative estimate of drug-likeness (QED) is 0.455. The monoisotopic (exact) mass is 555 g/mol. The number of aliphatic hydroxyl groups excluding tert-OH is 1. The van der Waals surface area contributed by atoms with Crippen LogP contribution in [0.2, 0.25) is 0 Å². The van der Waals surface area contributed by atoms with Crippen LogP contribution < -0.4 is 10.6 Å². The minimum atomic E-state index is -1.13. The van der Waals surface area contributed by atoms with Crippen molar-refractivity contribution in [3.8, 4) is 0 Å². The molecule has 36 heavy (non-hydrogen) atoms. The molecule has 6 atom stereocenters. The van der Waals surface area contributed by atoms with Crippen LogP contribution in [0.25, 0.3) is 0 Å². The van der Waals surface area contributed by atoms with Gasteiger partial charge < -0.3 is 25.4 Å². The highest BCUT2D eigenvalue weighted by atomic mass is 79.9. The SMILES string of the molecule is Cc1cccc(C)c1NC(=O)C1N(CCCO)C(=O)[C@@H]2[C@H](C(=O)Nc3ccccc3)[C@H]3OC12CC3Br. The van der Waals surface area contributed by atoms with Crippen molar-refractivity contribution < 1.29 is 24.2 Å². The Morgan fingerprint density at radius 3 is 2.44 bits per heavy atom. The molecule has 1 spiro atoms. The van der Waals surface area contributed by atoms with Crippen LogP contribution in [0.4, 0.5) is 11.4 Å². The molecular weight excluding hydrogens is 526 g/mol. The molecule has 3 saturated heterocycles. The van der Waals surface area contributed by atoms with Gasteiger partial charge in [-0.2, -0.15) is 0 Å². The van der Waals surface area contributed by atoms with Crippen molar-refractivity contribution in [1.29, 1.82) is 0 Å². The Morgan fingerprint density at radius 1 is 1.08 bits per heavy atom. The normalized spacial score (nSPS) is 30.4. The third-order valence-corrected chi connectivity index (χ3v) is 8.51. The number of hydrogen-bond acceptors (Lipinski definition) is 5. The molecule has 5 rings (SSSR count). The number of carbonyl (C=O) groups excluding carboxylic acids is 3. The Kier molecular flexibility index (Phi) is 6.65. The van der Waals surface area contributed by atoms with Gasteiger partial charge in [-0.05, 0) is 49.9 Å². The number of halogens is 1. The van der Waals surface area contributed by atoms with E-state index in [-0.39, 0.29) is 35.7 Å². The molecule has 9 heteroatoms. The van der Waals surface area contributed by atoms with Gasteiger partial charge in [0.25, 0.3) is 0 Å². The number of para-hydroxylation sites is 2. The van der Waals surface area contributed by atoms with Crippen molar-refractivity contribution in [1.82, 2.24) is 4.90 Å². The number of anilines is 2. The smallest absolute Gasteiger partial charge is 0.250 e. The van der Waals surface area contributed by atoms with E-state index < -0.39 is 29.6 Å². The topological polar surface area (TPSA) is 108 Å². The summed E-state index contributed by atoms with van der Waals surface area (Å²) in [6, 6.07) is 13.9. The molecule has 3 aliphatic heterocycles. The number of nitrogens with one attached hydrogen (secondary N) is 2. The molecule has 2 aromatic rings. The van der Waals surface area contributed by atoms with E-state index in [1.54, 1.807) is 12.1 Å². The summed E-state index contributed by atoms with van der Waals surface area (Å²) < 4.78 is 6.49. The van der Waals surface area contributed by atoms with Crippen molar-refractivity contribution in [2.24, 2.45) is 11.8 Å². The maximum Gasteiger partial charge on any atom is 0.250 e. The van der Waals surface area contributed by atoms with Crippen LogP contribution in [0.1, 0.15) is 24.0 Å². The van der Waals surface area contributed by atoms with Crippen LogP contribution in [0.5, 0.6) is 0 Å². The van der Waals surface area contributed by atoms with Crippen LogP contribution in [-0.2, 0) is 19.1 Å². The third-order valence-electron chi connectivity index (χ3n) is 7.67.